The number of rotatable bonds is 3. The Labute approximate surface area is 107 Å². The van der Waals surface area contributed by atoms with E-state index in [4.69, 9.17) is 0 Å². The molecule has 0 saturated heterocycles. The number of aryl methyl sites for hydroxylation is 1. The lowest BCUT2D eigenvalue weighted by Crippen LogP contribution is -2.23. The van der Waals surface area contributed by atoms with Gasteiger partial charge < -0.3 is 0 Å². The third-order valence-corrected chi connectivity index (χ3v) is 2.54. The van der Waals surface area contributed by atoms with Crippen molar-refractivity contribution in [1.82, 2.24) is 9.78 Å². The topological polar surface area (TPSA) is 78.0 Å². The third-order valence-electron chi connectivity index (χ3n) is 2.54. The molecular formula is C12H10FN3O3. The van der Waals surface area contributed by atoms with E-state index in [9.17, 15) is 19.3 Å². The number of nitro benzene ring substituents is 1. The van der Waals surface area contributed by atoms with E-state index in [1.165, 1.54) is 16.8 Å². The van der Waals surface area contributed by atoms with Crippen molar-refractivity contribution < 1.29 is 9.31 Å². The maximum Gasteiger partial charge on any atom is 0.304 e. The van der Waals surface area contributed by atoms with Gasteiger partial charge in [0.15, 0.2) is 0 Å². The van der Waals surface area contributed by atoms with Gasteiger partial charge in [0.1, 0.15) is 0 Å². The summed E-state index contributed by atoms with van der Waals surface area (Å²) in [6.45, 7) is 1.79. The van der Waals surface area contributed by atoms with Crippen molar-refractivity contribution in [1.29, 1.82) is 0 Å². The Hall–Kier alpha value is -2.57. The summed E-state index contributed by atoms with van der Waals surface area (Å²) in [7, 11) is 0. The van der Waals surface area contributed by atoms with Gasteiger partial charge in [0.25, 0.3) is 5.56 Å². The fourth-order valence-corrected chi connectivity index (χ4v) is 1.63. The molecule has 0 aliphatic rings. The summed E-state index contributed by atoms with van der Waals surface area (Å²) >= 11 is 0. The largest absolute Gasteiger partial charge is 0.304 e. The van der Waals surface area contributed by atoms with Crippen LogP contribution in [0.5, 0.6) is 0 Å². The highest BCUT2D eigenvalue weighted by atomic mass is 19.1. The lowest BCUT2D eigenvalue weighted by atomic mass is 10.2. The standard InChI is InChI=1S/C12H10FN3O3/c1-8-2-5-12(17)15(14-8)7-9-3-4-11(16(18)19)10(13)6-9/h2-6H,7H2,1H3. The van der Waals surface area contributed by atoms with Crippen molar-refractivity contribution in [2.75, 3.05) is 0 Å². The van der Waals surface area contributed by atoms with Crippen LogP contribution >= 0.6 is 0 Å². The van der Waals surface area contributed by atoms with E-state index in [-0.39, 0.29) is 12.1 Å². The summed E-state index contributed by atoms with van der Waals surface area (Å²) in [5.74, 6) is -0.928. The number of hydrogen-bond acceptors (Lipinski definition) is 4. The second-order valence-corrected chi connectivity index (χ2v) is 4.01. The van der Waals surface area contributed by atoms with Crippen LogP contribution in [0.1, 0.15) is 11.3 Å². The second-order valence-electron chi connectivity index (χ2n) is 4.01. The predicted octanol–water partition coefficient (Wildman–Crippen LogP) is 1.65. The van der Waals surface area contributed by atoms with Gasteiger partial charge in [-0.05, 0) is 24.6 Å². The molecule has 98 valence electrons. The molecule has 0 spiro atoms. The van der Waals surface area contributed by atoms with Crippen LogP contribution in [0.2, 0.25) is 0 Å². The minimum absolute atomic E-state index is 0.0649. The van der Waals surface area contributed by atoms with Crippen molar-refractivity contribution in [3.8, 4) is 0 Å². The SMILES string of the molecule is Cc1ccc(=O)n(Cc2ccc([N+](=O)[O-])c(F)c2)n1. The van der Waals surface area contributed by atoms with Crippen LogP contribution in [0.3, 0.4) is 0 Å². The summed E-state index contributed by atoms with van der Waals surface area (Å²) in [6, 6.07) is 6.46. The molecule has 6 nitrogen and oxygen atoms in total. The summed E-state index contributed by atoms with van der Waals surface area (Å²) in [5, 5.41) is 14.5. The molecule has 0 fully saturated rings. The fourth-order valence-electron chi connectivity index (χ4n) is 1.63. The quantitative estimate of drug-likeness (QED) is 0.623. The number of benzene rings is 1. The molecule has 19 heavy (non-hydrogen) atoms. The van der Waals surface area contributed by atoms with Gasteiger partial charge in [0, 0.05) is 12.1 Å². The van der Waals surface area contributed by atoms with E-state index < -0.39 is 16.4 Å². The Kier molecular flexibility index (Phi) is 3.37. The van der Waals surface area contributed by atoms with Crippen LogP contribution in [-0.2, 0) is 6.54 Å². The number of nitro groups is 1. The van der Waals surface area contributed by atoms with Gasteiger partial charge in [-0.1, -0.05) is 6.07 Å². The summed E-state index contributed by atoms with van der Waals surface area (Å²) < 4.78 is 14.6. The monoisotopic (exact) mass is 263 g/mol. The third kappa shape index (κ3) is 2.82. The van der Waals surface area contributed by atoms with Crippen LogP contribution < -0.4 is 5.56 Å². The highest BCUT2D eigenvalue weighted by molar-refractivity contribution is 5.35. The molecule has 7 heteroatoms. The lowest BCUT2D eigenvalue weighted by Gasteiger charge is -2.05. The van der Waals surface area contributed by atoms with Crippen LogP contribution in [0.15, 0.2) is 35.1 Å². The smallest absolute Gasteiger partial charge is 0.268 e. The molecule has 1 aromatic heterocycles. The van der Waals surface area contributed by atoms with Crippen LogP contribution in [0, 0.1) is 22.9 Å². The first-order valence-electron chi connectivity index (χ1n) is 5.45. The first kappa shape index (κ1) is 12.9. The van der Waals surface area contributed by atoms with Crippen LogP contribution in [-0.4, -0.2) is 14.7 Å². The highest BCUT2D eigenvalue weighted by Gasteiger charge is 2.14. The van der Waals surface area contributed by atoms with Crippen LogP contribution in [0.4, 0.5) is 10.1 Å². The van der Waals surface area contributed by atoms with Gasteiger partial charge in [-0.15, -0.1) is 0 Å². The lowest BCUT2D eigenvalue weighted by molar-refractivity contribution is -0.387. The minimum Gasteiger partial charge on any atom is -0.268 e. The second kappa shape index (κ2) is 4.97. The van der Waals surface area contributed by atoms with Gasteiger partial charge >= 0.3 is 5.69 Å². The zero-order valence-electron chi connectivity index (χ0n) is 10.0. The average Bonchev–Trinajstić information content (AvgIpc) is 2.33. The molecule has 0 radical (unpaired) electrons. The van der Waals surface area contributed by atoms with E-state index in [2.05, 4.69) is 5.10 Å². The first-order valence-corrected chi connectivity index (χ1v) is 5.45. The zero-order chi connectivity index (χ0) is 14.0. The molecule has 0 N–H and O–H groups in total. The molecule has 0 aliphatic heterocycles. The summed E-state index contributed by atoms with van der Waals surface area (Å²) in [6.07, 6.45) is 0. The molecule has 0 saturated carbocycles. The number of nitrogens with zero attached hydrogens (tertiary/aromatic N) is 3. The van der Waals surface area contributed by atoms with Crippen molar-refractivity contribution in [2.24, 2.45) is 0 Å². The molecule has 1 heterocycles. The van der Waals surface area contributed by atoms with Gasteiger partial charge in [-0.25, -0.2) is 4.68 Å². The zero-order valence-corrected chi connectivity index (χ0v) is 10.0. The molecule has 0 unspecified atom stereocenters. The van der Waals surface area contributed by atoms with Gasteiger partial charge in [0.2, 0.25) is 5.82 Å². The Balaban J connectivity index is 2.34. The summed E-state index contributed by atoms with van der Waals surface area (Å²) in [5.41, 5.74) is 0.183. The van der Waals surface area contributed by atoms with Gasteiger partial charge in [0.05, 0.1) is 17.2 Å². The molecule has 0 bridgehead atoms. The Morgan fingerprint density at radius 1 is 1.37 bits per heavy atom. The first-order chi connectivity index (χ1) is 8.97. The average molecular weight is 263 g/mol. The van der Waals surface area contributed by atoms with Gasteiger partial charge in [-0.3, -0.25) is 14.9 Å². The van der Waals surface area contributed by atoms with E-state index >= 15 is 0 Å². The predicted molar refractivity (Wildman–Crippen MR) is 65.4 cm³/mol. The molecule has 0 amide bonds. The molecule has 0 aliphatic carbocycles. The van der Waals surface area contributed by atoms with Crippen molar-refractivity contribution >= 4 is 5.69 Å². The number of aromatic nitrogens is 2. The maximum atomic E-state index is 13.4. The van der Waals surface area contributed by atoms with Crippen molar-refractivity contribution in [3.63, 3.8) is 0 Å². The van der Waals surface area contributed by atoms with Crippen molar-refractivity contribution in [2.45, 2.75) is 13.5 Å². The summed E-state index contributed by atoms with van der Waals surface area (Å²) in [4.78, 5) is 21.2. The normalized spacial score (nSPS) is 10.4. The van der Waals surface area contributed by atoms with E-state index in [0.717, 1.165) is 12.1 Å². The van der Waals surface area contributed by atoms with Gasteiger partial charge in [-0.2, -0.15) is 9.49 Å². The van der Waals surface area contributed by atoms with E-state index in [0.29, 0.717) is 11.3 Å². The molecule has 0 atom stereocenters. The Morgan fingerprint density at radius 3 is 2.74 bits per heavy atom. The van der Waals surface area contributed by atoms with Crippen molar-refractivity contribution in [3.05, 3.63) is 67.9 Å². The maximum absolute atomic E-state index is 13.4. The van der Waals surface area contributed by atoms with E-state index in [1.807, 2.05) is 0 Å². The van der Waals surface area contributed by atoms with Crippen LogP contribution in [0.25, 0.3) is 0 Å². The minimum atomic E-state index is -0.928. The Morgan fingerprint density at radius 2 is 2.11 bits per heavy atom. The molecule has 2 aromatic rings. The van der Waals surface area contributed by atoms with E-state index in [1.54, 1.807) is 13.0 Å². The number of halogens is 1. The highest BCUT2D eigenvalue weighted by Crippen LogP contribution is 2.18. The Bertz CT molecular complexity index is 697. The number of hydrogen-bond donors (Lipinski definition) is 0. The molecular weight excluding hydrogens is 253 g/mol. The fraction of sp³-hybridized carbons (Fsp3) is 0.167. The molecule has 1 aromatic carbocycles. The molecule has 2 rings (SSSR count).